The Labute approximate surface area is 164 Å². The smallest absolute Gasteiger partial charge is 0.0490 e. The molecule has 2 nitrogen and oxygen atoms in total. The lowest BCUT2D eigenvalue weighted by Crippen LogP contribution is -2.13. The third kappa shape index (κ3) is 3.45. The first-order valence-corrected chi connectivity index (χ1v) is 9.32. The molecule has 0 spiro atoms. The Balaban J connectivity index is 1.99. The number of hydrogen-bond acceptors (Lipinski definition) is 2. The molecule has 0 aliphatic carbocycles. The van der Waals surface area contributed by atoms with Crippen molar-refractivity contribution in [3.63, 3.8) is 0 Å². The minimum Gasteiger partial charge on any atom is -0.264 e. The van der Waals surface area contributed by atoms with Gasteiger partial charge in [-0.15, -0.1) is 0 Å². The number of fused-ring (bicyclic) bond motifs is 1. The van der Waals surface area contributed by atoms with E-state index in [2.05, 4.69) is 67.1 Å². The lowest BCUT2D eigenvalue weighted by atomic mass is 9.88. The SMILES string of the molecule is CC(C)(C)c1cc(-c2cc(-c3cc[c]cc3Cl)cc3cnccc23)ccn1. The summed E-state index contributed by atoms with van der Waals surface area (Å²) in [5, 5.41) is 2.94. The maximum Gasteiger partial charge on any atom is 0.0490 e. The van der Waals surface area contributed by atoms with Crippen LogP contribution in [0.3, 0.4) is 0 Å². The number of rotatable bonds is 2. The number of pyridine rings is 2. The molecule has 0 saturated carbocycles. The average Bonchev–Trinajstić information content (AvgIpc) is 2.67. The number of hydrogen-bond donors (Lipinski definition) is 0. The summed E-state index contributed by atoms with van der Waals surface area (Å²) < 4.78 is 0. The van der Waals surface area contributed by atoms with Crippen LogP contribution in [0.2, 0.25) is 5.02 Å². The zero-order valence-electron chi connectivity index (χ0n) is 15.6. The summed E-state index contributed by atoms with van der Waals surface area (Å²) >= 11 is 6.44. The highest BCUT2D eigenvalue weighted by atomic mass is 35.5. The van der Waals surface area contributed by atoms with Crippen molar-refractivity contribution in [2.75, 3.05) is 0 Å². The molecule has 4 rings (SSSR count). The van der Waals surface area contributed by atoms with Crippen LogP contribution in [-0.4, -0.2) is 9.97 Å². The second kappa shape index (κ2) is 6.79. The van der Waals surface area contributed by atoms with Gasteiger partial charge in [-0.1, -0.05) is 44.5 Å². The zero-order chi connectivity index (χ0) is 19.0. The van der Waals surface area contributed by atoms with E-state index in [0.29, 0.717) is 5.02 Å². The minimum atomic E-state index is -0.0104. The summed E-state index contributed by atoms with van der Waals surface area (Å²) in [5.74, 6) is 0. The van der Waals surface area contributed by atoms with Gasteiger partial charge < -0.3 is 0 Å². The van der Waals surface area contributed by atoms with Crippen molar-refractivity contribution < 1.29 is 0 Å². The summed E-state index contributed by atoms with van der Waals surface area (Å²) in [6.45, 7) is 6.54. The summed E-state index contributed by atoms with van der Waals surface area (Å²) in [7, 11) is 0. The molecular formula is C24H20ClN2. The highest BCUT2D eigenvalue weighted by Gasteiger charge is 2.17. The first kappa shape index (κ1) is 17.7. The number of nitrogens with zero attached hydrogens (tertiary/aromatic N) is 2. The second-order valence-electron chi connectivity index (χ2n) is 7.71. The normalized spacial score (nSPS) is 11.7. The van der Waals surface area contributed by atoms with E-state index in [1.165, 1.54) is 5.39 Å². The standard InChI is InChI=1S/C24H20ClN2/c1-24(2,3)23-14-16(8-11-27-23)21-13-17(20-6-4-5-7-22(20)25)12-18-15-26-10-9-19(18)21/h4,6-15H,1-3H3. The molecule has 1 radical (unpaired) electrons. The molecule has 133 valence electrons. The van der Waals surface area contributed by atoms with Crippen LogP contribution in [0.5, 0.6) is 0 Å². The molecule has 0 aliphatic rings. The molecule has 0 fully saturated rings. The molecule has 0 aliphatic heterocycles. The summed E-state index contributed by atoms with van der Waals surface area (Å²) in [6.07, 6.45) is 5.62. The monoisotopic (exact) mass is 371 g/mol. The fourth-order valence-corrected chi connectivity index (χ4v) is 3.49. The molecule has 0 amide bonds. The maximum absolute atomic E-state index is 6.44. The van der Waals surface area contributed by atoms with Crippen molar-refractivity contribution >= 4 is 22.4 Å². The molecule has 3 heteroatoms. The first-order chi connectivity index (χ1) is 12.9. The summed E-state index contributed by atoms with van der Waals surface area (Å²) in [6, 6.07) is 19.4. The molecule has 0 bridgehead atoms. The predicted octanol–water partition coefficient (Wildman–Crippen LogP) is 6.71. The molecule has 0 N–H and O–H groups in total. The van der Waals surface area contributed by atoms with Gasteiger partial charge in [-0.25, -0.2) is 0 Å². The Morgan fingerprint density at radius 1 is 0.926 bits per heavy atom. The highest BCUT2D eigenvalue weighted by molar-refractivity contribution is 6.33. The van der Waals surface area contributed by atoms with E-state index in [9.17, 15) is 0 Å². The van der Waals surface area contributed by atoms with E-state index >= 15 is 0 Å². The lowest BCUT2D eigenvalue weighted by molar-refractivity contribution is 0.569. The van der Waals surface area contributed by atoms with E-state index in [1.807, 2.05) is 30.7 Å². The van der Waals surface area contributed by atoms with Gasteiger partial charge in [0.2, 0.25) is 0 Å². The van der Waals surface area contributed by atoms with Gasteiger partial charge in [0.25, 0.3) is 0 Å². The van der Waals surface area contributed by atoms with Gasteiger partial charge in [0.1, 0.15) is 0 Å². The van der Waals surface area contributed by atoms with Crippen molar-refractivity contribution in [3.8, 4) is 22.3 Å². The van der Waals surface area contributed by atoms with Crippen molar-refractivity contribution in [2.45, 2.75) is 26.2 Å². The van der Waals surface area contributed by atoms with Crippen LogP contribution in [-0.2, 0) is 5.41 Å². The van der Waals surface area contributed by atoms with Crippen molar-refractivity contribution in [1.82, 2.24) is 9.97 Å². The van der Waals surface area contributed by atoms with Crippen LogP contribution in [0.25, 0.3) is 33.0 Å². The number of benzene rings is 2. The van der Waals surface area contributed by atoms with Crippen LogP contribution >= 0.6 is 11.6 Å². The van der Waals surface area contributed by atoms with Crippen LogP contribution in [0.4, 0.5) is 0 Å². The van der Waals surface area contributed by atoms with E-state index < -0.39 is 0 Å². The van der Waals surface area contributed by atoms with E-state index in [-0.39, 0.29) is 5.41 Å². The number of aromatic nitrogens is 2. The van der Waals surface area contributed by atoms with Crippen LogP contribution < -0.4 is 0 Å². The fraction of sp³-hybridized carbons (Fsp3) is 0.167. The second-order valence-corrected chi connectivity index (χ2v) is 8.11. The lowest BCUT2D eigenvalue weighted by Gasteiger charge is -2.19. The molecular weight excluding hydrogens is 352 g/mol. The molecule has 0 saturated heterocycles. The molecule has 2 heterocycles. The van der Waals surface area contributed by atoms with Gasteiger partial charge in [0, 0.05) is 45.7 Å². The molecule has 2 aromatic carbocycles. The molecule has 0 atom stereocenters. The first-order valence-electron chi connectivity index (χ1n) is 8.94. The highest BCUT2D eigenvalue weighted by Crippen LogP contribution is 2.37. The zero-order valence-corrected chi connectivity index (χ0v) is 16.4. The van der Waals surface area contributed by atoms with Gasteiger partial charge in [-0.05, 0) is 64.5 Å². The van der Waals surface area contributed by atoms with Gasteiger partial charge in [0.15, 0.2) is 0 Å². The Morgan fingerprint density at radius 2 is 1.78 bits per heavy atom. The Kier molecular flexibility index (Phi) is 4.45. The van der Waals surface area contributed by atoms with Crippen LogP contribution in [0.15, 0.2) is 67.1 Å². The third-order valence-corrected chi connectivity index (χ3v) is 5.03. The van der Waals surface area contributed by atoms with Crippen molar-refractivity contribution in [2.24, 2.45) is 0 Å². The third-order valence-electron chi connectivity index (χ3n) is 4.72. The Morgan fingerprint density at radius 3 is 2.56 bits per heavy atom. The van der Waals surface area contributed by atoms with Crippen molar-refractivity contribution in [3.05, 3.63) is 83.9 Å². The van der Waals surface area contributed by atoms with Gasteiger partial charge in [-0.3, -0.25) is 9.97 Å². The van der Waals surface area contributed by atoms with Gasteiger partial charge in [0.05, 0.1) is 0 Å². The van der Waals surface area contributed by atoms with E-state index in [1.54, 1.807) is 6.07 Å². The molecule has 4 aromatic rings. The number of halogens is 1. The maximum atomic E-state index is 6.44. The average molecular weight is 372 g/mol. The van der Waals surface area contributed by atoms with Crippen LogP contribution in [0, 0.1) is 6.07 Å². The van der Waals surface area contributed by atoms with E-state index in [0.717, 1.165) is 33.3 Å². The Bertz CT molecular complexity index is 1130. The quantitative estimate of drug-likeness (QED) is 0.391. The molecule has 2 aromatic heterocycles. The fourth-order valence-electron chi connectivity index (χ4n) is 3.26. The predicted molar refractivity (Wildman–Crippen MR) is 113 cm³/mol. The molecule has 0 unspecified atom stereocenters. The van der Waals surface area contributed by atoms with Crippen molar-refractivity contribution in [1.29, 1.82) is 0 Å². The topological polar surface area (TPSA) is 25.8 Å². The Hall–Kier alpha value is -2.71. The minimum absolute atomic E-state index is 0.0104. The van der Waals surface area contributed by atoms with Gasteiger partial charge >= 0.3 is 0 Å². The van der Waals surface area contributed by atoms with Crippen LogP contribution in [0.1, 0.15) is 26.5 Å². The van der Waals surface area contributed by atoms with Gasteiger partial charge in [-0.2, -0.15) is 0 Å². The summed E-state index contributed by atoms with van der Waals surface area (Å²) in [4.78, 5) is 8.88. The largest absolute Gasteiger partial charge is 0.264 e. The van der Waals surface area contributed by atoms with E-state index in [4.69, 9.17) is 11.6 Å². The molecule has 27 heavy (non-hydrogen) atoms. The summed E-state index contributed by atoms with van der Waals surface area (Å²) in [5.41, 5.74) is 5.42.